The van der Waals surface area contributed by atoms with Crippen LogP contribution in [0.4, 0.5) is 24.5 Å². The average Bonchev–Trinajstić information content (AvgIpc) is 3.24. The average molecular weight is 934 g/mol. The van der Waals surface area contributed by atoms with E-state index in [2.05, 4.69) is 42.5 Å². The highest BCUT2D eigenvalue weighted by atomic mass is 32.2. The van der Waals surface area contributed by atoms with Crippen molar-refractivity contribution in [1.29, 1.82) is 0 Å². The van der Waals surface area contributed by atoms with Crippen molar-refractivity contribution < 1.29 is 39.9 Å². The fourth-order valence-corrected chi connectivity index (χ4v) is 10.9. The second-order valence-corrected chi connectivity index (χ2v) is 22.0. The number of halogens is 3. The molecule has 0 spiro atoms. The second kappa shape index (κ2) is 21.9. The number of nitrogens with zero attached hydrogens (tertiary/aromatic N) is 3. The Morgan fingerprint density at radius 3 is 2.29 bits per heavy atom. The molecule has 3 aromatic carbocycles. The Bertz CT molecular complexity index is 2280. The first-order valence-electron chi connectivity index (χ1n) is 21.4. The Morgan fingerprint density at radius 2 is 1.65 bits per heavy atom. The van der Waals surface area contributed by atoms with E-state index in [9.17, 15) is 39.9 Å². The summed E-state index contributed by atoms with van der Waals surface area (Å²) in [5.74, 6) is -0.705. The number of sulfone groups is 1. The number of allylic oxidation sites excluding steroid dienone is 2. The molecule has 1 aliphatic heterocycles. The number of rotatable bonds is 21. The van der Waals surface area contributed by atoms with E-state index in [1.807, 2.05) is 40.0 Å². The summed E-state index contributed by atoms with van der Waals surface area (Å²) in [4.78, 5) is 18.6. The molecule has 346 valence electrons. The van der Waals surface area contributed by atoms with Gasteiger partial charge in [-0.25, -0.2) is 21.6 Å². The lowest BCUT2D eigenvalue weighted by Gasteiger charge is -2.39. The van der Waals surface area contributed by atoms with E-state index in [1.165, 1.54) is 35.9 Å². The van der Waals surface area contributed by atoms with Gasteiger partial charge in [-0.3, -0.25) is 9.69 Å². The van der Waals surface area contributed by atoms with E-state index >= 15 is 0 Å². The van der Waals surface area contributed by atoms with Crippen molar-refractivity contribution in [2.24, 2.45) is 5.41 Å². The first-order chi connectivity index (χ1) is 29.7. The van der Waals surface area contributed by atoms with Crippen molar-refractivity contribution >= 4 is 48.9 Å². The number of hydrogen-bond donors (Lipinski definition) is 3. The summed E-state index contributed by atoms with van der Waals surface area (Å²) in [5.41, 5.74) is -0.615. The summed E-state index contributed by atoms with van der Waals surface area (Å²) in [5, 5.41) is 12.3. The Balaban J connectivity index is 1.26. The van der Waals surface area contributed by atoms with Crippen LogP contribution < -0.4 is 14.9 Å². The van der Waals surface area contributed by atoms with Crippen LogP contribution in [-0.2, 0) is 19.9 Å². The van der Waals surface area contributed by atoms with Gasteiger partial charge in [0.15, 0.2) is 0 Å². The lowest BCUT2D eigenvalue weighted by molar-refractivity contribution is -0.0435. The fourth-order valence-electron chi connectivity index (χ4n) is 7.84. The van der Waals surface area contributed by atoms with Crippen molar-refractivity contribution in [3.05, 3.63) is 102 Å². The monoisotopic (exact) mass is 933 g/mol. The third-order valence-corrected chi connectivity index (χ3v) is 15.9. The standard InChI is InChI=1S/C46H62F3N5O6S3/c1-6-34(2)12-13-36-31-45(3,4)22-20-37(36)32-53-24-26-54(27-25-53)39-16-14-35(15-17-39)44(56)51-63(59,60)41-18-19-42(43(30-41)62(57,58)46(47,48)49)50-38(21-23-52(5)28-29-55)33-61-40-10-8-7-9-11-40/h7-11,14-19,30,38,50,55H,2,6,12-13,20-29,31-33H2,1,3-5H3,(H,51,56)/t38-/m1/s1. The molecular formula is C46H62F3N5O6S3. The first-order valence-corrected chi connectivity index (χ1v) is 25.4. The summed E-state index contributed by atoms with van der Waals surface area (Å²) >= 11 is 1.41. The third-order valence-electron chi connectivity index (χ3n) is 11.8. The van der Waals surface area contributed by atoms with Gasteiger partial charge in [0.2, 0.25) is 0 Å². The van der Waals surface area contributed by atoms with E-state index in [1.54, 1.807) is 30.3 Å². The summed E-state index contributed by atoms with van der Waals surface area (Å²) in [6, 6.07) is 17.4. The molecule has 1 saturated heterocycles. The molecule has 11 nitrogen and oxygen atoms in total. The molecule has 0 saturated carbocycles. The quantitative estimate of drug-likeness (QED) is 0.0702. The number of thioether (sulfide) groups is 1. The molecule has 0 bridgehead atoms. The molecule has 1 amide bonds. The maximum absolute atomic E-state index is 14.1. The molecule has 17 heteroatoms. The minimum absolute atomic E-state index is 0.00208. The van der Waals surface area contributed by atoms with E-state index < -0.39 is 52.8 Å². The van der Waals surface area contributed by atoms with Gasteiger partial charge in [-0.1, -0.05) is 62.3 Å². The number of hydrogen-bond acceptors (Lipinski definition) is 11. The first kappa shape index (κ1) is 50.1. The highest BCUT2D eigenvalue weighted by Gasteiger charge is 2.48. The fraction of sp³-hybridized carbons (Fsp3) is 0.500. The zero-order chi connectivity index (χ0) is 46.0. The molecule has 3 aromatic rings. The van der Waals surface area contributed by atoms with E-state index in [-0.39, 0.29) is 12.2 Å². The highest BCUT2D eigenvalue weighted by Crippen LogP contribution is 2.41. The maximum Gasteiger partial charge on any atom is 0.501 e. The maximum atomic E-state index is 14.1. The Hall–Kier alpha value is -3.87. The highest BCUT2D eigenvalue weighted by molar-refractivity contribution is 7.99. The smallest absolute Gasteiger partial charge is 0.395 e. The second-order valence-electron chi connectivity index (χ2n) is 17.3. The number of likely N-dealkylation sites (N-methyl/N-ethyl adjacent to an activating group) is 1. The number of aliphatic hydroxyl groups is 1. The lowest BCUT2D eigenvalue weighted by Crippen LogP contribution is -2.47. The van der Waals surface area contributed by atoms with Crippen LogP contribution in [0, 0.1) is 5.41 Å². The number of carbonyl (C=O) groups excluding carboxylic acids is 1. The number of aliphatic hydroxyl groups excluding tert-OH is 1. The summed E-state index contributed by atoms with van der Waals surface area (Å²) < 4.78 is 97.2. The Morgan fingerprint density at radius 1 is 0.968 bits per heavy atom. The van der Waals surface area contributed by atoms with Crippen LogP contribution in [0.1, 0.15) is 76.1 Å². The summed E-state index contributed by atoms with van der Waals surface area (Å²) in [6.07, 6.45) is 6.85. The molecule has 1 heterocycles. The third kappa shape index (κ3) is 14.1. The lowest BCUT2D eigenvalue weighted by atomic mass is 9.73. The van der Waals surface area contributed by atoms with Crippen LogP contribution >= 0.6 is 11.8 Å². The molecule has 1 aliphatic carbocycles. The van der Waals surface area contributed by atoms with Gasteiger partial charge in [0.25, 0.3) is 25.8 Å². The van der Waals surface area contributed by atoms with Gasteiger partial charge in [0, 0.05) is 67.2 Å². The minimum atomic E-state index is -6.07. The van der Waals surface area contributed by atoms with Crippen LogP contribution in [-0.4, -0.2) is 114 Å². The summed E-state index contributed by atoms with van der Waals surface area (Å²) in [6.45, 7) is 15.9. The van der Waals surface area contributed by atoms with Gasteiger partial charge in [-0.05, 0) is 119 Å². The molecule has 2 aliphatic rings. The molecular weight excluding hydrogens is 872 g/mol. The van der Waals surface area contributed by atoms with Crippen molar-refractivity contribution in [1.82, 2.24) is 14.5 Å². The Kier molecular flexibility index (Phi) is 17.4. The summed E-state index contributed by atoms with van der Waals surface area (Å²) in [7, 11) is -9.14. The van der Waals surface area contributed by atoms with Crippen molar-refractivity contribution in [2.75, 3.05) is 75.4 Å². The van der Waals surface area contributed by atoms with Crippen LogP contribution in [0.15, 0.2) is 111 Å². The number of piperazine rings is 1. The van der Waals surface area contributed by atoms with Gasteiger partial charge in [0.05, 0.1) is 17.2 Å². The molecule has 3 N–H and O–H groups in total. The van der Waals surface area contributed by atoms with Gasteiger partial charge < -0.3 is 20.2 Å². The molecule has 0 unspecified atom stereocenters. The van der Waals surface area contributed by atoms with E-state index in [4.69, 9.17) is 0 Å². The molecule has 0 radical (unpaired) electrons. The predicted octanol–water partition coefficient (Wildman–Crippen LogP) is 8.36. The number of benzene rings is 3. The van der Waals surface area contributed by atoms with Crippen molar-refractivity contribution in [3.63, 3.8) is 0 Å². The number of anilines is 2. The van der Waals surface area contributed by atoms with Crippen LogP contribution in [0.5, 0.6) is 0 Å². The van der Waals surface area contributed by atoms with Gasteiger partial charge >= 0.3 is 5.51 Å². The topological polar surface area (TPSA) is 139 Å². The number of carbonyl (C=O) groups is 1. The number of sulfonamides is 1. The van der Waals surface area contributed by atoms with Gasteiger partial charge in [-0.15, -0.1) is 11.8 Å². The number of amides is 1. The zero-order valence-corrected chi connectivity index (χ0v) is 39.2. The minimum Gasteiger partial charge on any atom is -0.395 e. The van der Waals surface area contributed by atoms with Gasteiger partial charge in [0.1, 0.15) is 4.90 Å². The van der Waals surface area contributed by atoms with Crippen molar-refractivity contribution in [2.45, 2.75) is 92.0 Å². The zero-order valence-electron chi connectivity index (χ0n) is 36.7. The predicted molar refractivity (Wildman–Crippen MR) is 247 cm³/mol. The van der Waals surface area contributed by atoms with Gasteiger partial charge in [-0.2, -0.15) is 13.2 Å². The van der Waals surface area contributed by atoms with Crippen molar-refractivity contribution in [3.8, 4) is 0 Å². The molecule has 5 rings (SSSR count). The Labute approximate surface area is 376 Å². The van der Waals surface area contributed by atoms with Crippen LogP contribution in [0.3, 0.4) is 0 Å². The number of alkyl halides is 3. The molecule has 63 heavy (non-hydrogen) atoms. The molecule has 0 aromatic heterocycles. The van der Waals surface area contributed by atoms with Crippen LogP contribution in [0.25, 0.3) is 0 Å². The molecule has 1 atom stereocenters. The van der Waals surface area contributed by atoms with Crippen LogP contribution in [0.2, 0.25) is 0 Å². The number of nitrogens with one attached hydrogen (secondary N) is 2. The normalized spacial score (nSPS) is 16.9. The largest absolute Gasteiger partial charge is 0.501 e. The molecule has 1 fully saturated rings. The SMILES string of the molecule is C=C(CC)CCC1=C(CN2CCN(c3ccc(C(=O)NS(=O)(=O)c4ccc(N[C@H](CCN(C)CCO)CSc5ccccc5)c(S(=O)(=O)C(F)(F)F)c4)cc3)CC2)CCC(C)(C)C1. The van der Waals surface area contributed by atoms with E-state index in [0.717, 1.165) is 87.5 Å². The van der Waals surface area contributed by atoms with E-state index in [0.29, 0.717) is 36.7 Å².